The summed E-state index contributed by atoms with van der Waals surface area (Å²) < 4.78 is 4.80. The lowest BCUT2D eigenvalue weighted by atomic mass is 9.81. The zero-order valence-electron chi connectivity index (χ0n) is 15.2. The molecule has 0 saturated heterocycles. The number of ether oxygens (including phenoxy) is 1. The second-order valence-electron chi connectivity index (χ2n) is 6.78. The number of nitrogens with one attached hydrogen (secondary N) is 4. The number of fused-ring (bicyclic) bond motifs is 1. The fourth-order valence-corrected chi connectivity index (χ4v) is 3.55. The first-order valence-corrected chi connectivity index (χ1v) is 8.92. The molecular weight excluding hydrogens is 348 g/mol. The molecule has 0 atom stereocenters. The number of amides is 1. The van der Waals surface area contributed by atoms with Crippen LogP contribution in [0.15, 0.2) is 18.5 Å². The van der Waals surface area contributed by atoms with E-state index in [1.807, 2.05) is 0 Å². The average molecular weight is 372 g/mol. The Kier molecular flexibility index (Phi) is 5.58. The highest BCUT2D eigenvalue weighted by molar-refractivity contribution is 6.11. The number of carbonyl (C=O) groups is 2. The average Bonchev–Trinajstić information content (AvgIpc) is 3.11. The molecule has 27 heavy (non-hydrogen) atoms. The molecule has 1 amide bonds. The molecule has 6 N–H and O–H groups in total. The Morgan fingerprint density at radius 3 is 2.78 bits per heavy atom. The second-order valence-corrected chi connectivity index (χ2v) is 6.78. The molecule has 0 spiro atoms. The van der Waals surface area contributed by atoms with Gasteiger partial charge in [0, 0.05) is 24.9 Å². The van der Waals surface area contributed by atoms with E-state index in [4.69, 9.17) is 15.9 Å². The van der Waals surface area contributed by atoms with Crippen LogP contribution in [0, 0.1) is 17.2 Å². The third kappa shape index (κ3) is 4.18. The SMILES string of the molecule is COC(=O)c1c[nH]c2nccc(NC(=O)[C@H]3CC[C@H](CNC(=N)N)CC3)c12. The quantitative estimate of drug-likeness (QED) is 0.306. The van der Waals surface area contributed by atoms with Crippen LogP contribution in [0.3, 0.4) is 0 Å². The van der Waals surface area contributed by atoms with Gasteiger partial charge in [-0.2, -0.15) is 0 Å². The van der Waals surface area contributed by atoms with Crippen LogP contribution < -0.4 is 16.4 Å². The van der Waals surface area contributed by atoms with Crippen molar-refractivity contribution < 1.29 is 14.3 Å². The molecule has 1 aliphatic rings. The van der Waals surface area contributed by atoms with E-state index >= 15 is 0 Å². The molecule has 144 valence electrons. The minimum Gasteiger partial charge on any atom is -0.465 e. The standard InChI is InChI=1S/C18H24N6O3/c1-27-17(26)12-9-22-15-14(12)13(6-7-21-15)24-16(25)11-4-2-10(3-5-11)8-23-18(19)20/h6-7,9-11H,2-5,8H2,1H3,(H4,19,20,23)(H2,21,22,24,25)/t10-,11-. The van der Waals surface area contributed by atoms with Crippen LogP contribution >= 0.6 is 0 Å². The number of hydrogen-bond acceptors (Lipinski definition) is 5. The normalized spacial score (nSPS) is 19.4. The predicted molar refractivity (Wildman–Crippen MR) is 101 cm³/mol. The number of aromatic amines is 1. The molecule has 1 aliphatic carbocycles. The molecule has 1 fully saturated rings. The topological polar surface area (TPSA) is 146 Å². The number of esters is 1. The van der Waals surface area contributed by atoms with E-state index in [9.17, 15) is 9.59 Å². The van der Waals surface area contributed by atoms with Crippen LogP contribution in [-0.2, 0) is 9.53 Å². The second kappa shape index (κ2) is 8.07. The summed E-state index contributed by atoms with van der Waals surface area (Å²) >= 11 is 0. The number of pyridine rings is 1. The third-order valence-electron chi connectivity index (χ3n) is 5.04. The summed E-state index contributed by atoms with van der Waals surface area (Å²) in [5.74, 6) is -0.228. The Balaban J connectivity index is 1.67. The van der Waals surface area contributed by atoms with Crippen LogP contribution in [0.1, 0.15) is 36.0 Å². The summed E-state index contributed by atoms with van der Waals surface area (Å²) in [5.41, 5.74) is 6.73. The Labute approximate surface area is 156 Å². The summed E-state index contributed by atoms with van der Waals surface area (Å²) in [5, 5.41) is 13.6. The fourth-order valence-electron chi connectivity index (χ4n) is 3.55. The van der Waals surface area contributed by atoms with E-state index < -0.39 is 5.97 Å². The highest BCUT2D eigenvalue weighted by Gasteiger charge is 2.27. The number of carbonyl (C=O) groups excluding carboxylic acids is 2. The monoisotopic (exact) mass is 372 g/mol. The van der Waals surface area contributed by atoms with Gasteiger partial charge in [-0.25, -0.2) is 9.78 Å². The van der Waals surface area contributed by atoms with E-state index in [1.54, 1.807) is 12.3 Å². The first-order chi connectivity index (χ1) is 13.0. The van der Waals surface area contributed by atoms with Crippen molar-refractivity contribution in [1.82, 2.24) is 15.3 Å². The van der Waals surface area contributed by atoms with Crippen LogP contribution in [0.4, 0.5) is 5.69 Å². The maximum absolute atomic E-state index is 12.7. The Morgan fingerprint density at radius 2 is 2.11 bits per heavy atom. The lowest BCUT2D eigenvalue weighted by Gasteiger charge is -2.28. The third-order valence-corrected chi connectivity index (χ3v) is 5.04. The molecule has 3 rings (SSSR count). The van der Waals surface area contributed by atoms with Gasteiger partial charge >= 0.3 is 5.97 Å². The largest absolute Gasteiger partial charge is 0.465 e. The molecule has 9 nitrogen and oxygen atoms in total. The van der Waals surface area contributed by atoms with E-state index in [0.29, 0.717) is 34.7 Å². The molecule has 0 aliphatic heterocycles. The number of guanidine groups is 1. The summed E-state index contributed by atoms with van der Waals surface area (Å²) in [7, 11) is 1.31. The van der Waals surface area contributed by atoms with Crippen molar-refractivity contribution in [2.45, 2.75) is 25.7 Å². The van der Waals surface area contributed by atoms with Gasteiger partial charge in [0.1, 0.15) is 5.65 Å². The van der Waals surface area contributed by atoms with E-state index in [2.05, 4.69) is 20.6 Å². The molecule has 0 unspecified atom stereocenters. The van der Waals surface area contributed by atoms with Crippen LogP contribution in [0.2, 0.25) is 0 Å². The fraction of sp³-hybridized carbons (Fsp3) is 0.444. The van der Waals surface area contributed by atoms with Gasteiger partial charge in [0.15, 0.2) is 5.96 Å². The van der Waals surface area contributed by atoms with Crippen molar-refractivity contribution in [2.24, 2.45) is 17.6 Å². The Hall–Kier alpha value is -3.10. The number of anilines is 1. The van der Waals surface area contributed by atoms with Crippen molar-refractivity contribution in [2.75, 3.05) is 19.0 Å². The lowest BCUT2D eigenvalue weighted by molar-refractivity contribution is -0.121. The van der Waals surface area contributed by atoms with Gasteiger partial charge in [-0.05, 0) is 37.7 Å². The highest BCUT2D eigenvalue weighted by Crippen LogP contribution is 2.31. The predicted octanol–water partition coefficient (Wildman–Crippen LogP) is 1.58. The zero-order valence-corrected chi connectivity index (χ0v) is 15.2. The van der Waals surface area contributed by atoms with E-state index in [0.717, 1.165) is 25.7 Å². The van der Waals surface area contributed by atoms with Gasteiger partial charge in [0.05, 0.1) is 23.7 Å². The molecule has 9 heteroatoms. The van der Waals surface area contributed by atoms with Crippen LogP contribution in [0.25, 0.3) is 11.0 Å². The molecule has 2 aromatic heterocycles. The maximum Gasteiger partial charge on any atom is 0.340 e. The first-order valence-electron chi connectivity index (χ1n) is 8.92. The Bertz CT molecular complexity index is 854. The number of nitrogens with two attached hydrogens (primary N) is 1. The number of rotatable bonds is 5. The molecule has 1 saturated carbocycles. The van der Waals surface area contributed by atoms with Gasteiger partial charge in [0.2, 0.25) is 5.91 Å². The van der Waals surface area contributed by atoms with Gasteiger partial charge in [-0.3, -0.25) is 10.2 Å². The van der Waals surface area contributed by atoms with Crippen LogP contribution in [0.5, 0.6) is 0 Å². The van der Waals surface area contributed by atoms with E-state index in [-0.39, 0.29) is 17.8 Å². The number of methoxy groups -OCH3 is 1. The molecule has 0 radical (unpaired) electrons. The minimum absolute atomic E-state index is 0.0236. The summed E-state index contributed by atoms with van der Waals surface area (Å²) in [4.78, 5) is 31.8. The molecular formula is C18H24N6O3. The van der Waals surface area contributed by atoms with Crippen molar-refractivity contribution in [3.8, 4) is 0 Å². The molecule has 2 aromatic rings. The van der Waals surface area contributed by atoms with Crippen molar-refractivity contribution in [1.29, 1.82) is 5.41 Å². The highest BCUT2D eigenvalue weighted by atomic mass is 16.5. The maximum atomic E-state index is 12.7. The van der Waals surface area contributed by atoms with Gasteiger partial charge in [0.25, 0.3) is 0 Å². The molecule has 0 bridgehead atoms. The van der Waals surface area contributed by atoms with Crippen molar-refractivity contribution >= 4 is 34.6 Å². The number of aromatic nitrogens is 2. The van der Waals surface area contributed by atoms with Gasteiger partial charge in [-0.15, -0.1) is 0 Å². The summed E-state index contributed by atoms with van der Waals surface area (Å²) in [6.07, 6.45) is 6.48. The number of nitrogens with zero attached hydrogens (tertiary/aromatic N) is 1. The molecule has 0 aromatic carbocycles. The van der Waals surface area contributed by atoms with Crippen molar-refractivity contribution in [3.63, 3.8) is 0 Å². The summed E-state index contributed by atoms with van der Waals surface area (Å²) in [6.45, 7) is 0.667. The molecule has 2 heterocycles. The van der Waals surface area contributed by atoms with Gasteiger partial charge in [-0.1, -0.05) is 0 Å². The first kappa shape index (κ1) is 18.7. The minimum atomic E-state index is -0.483. The van der Waals surface area contributed by atoms with Gasteiger partial charge < -0.3 is 26.1 Å². The Morgan fingerprint density at radius 1 is 1.37 bits per heavy atom. The van der Waals surface area contributed by atoms with Crippen molar-refractivity contribution in [3.05, 3.63) is 24.0 Å². The number of hydrogen-bond donors (Lipinski definition) is 5. The lowest BCUT2D eigenvalue weighted by Crippen LogP contribution is -2.36. The smallest absolute Gasteiger partial charge is 0.340 e. The van der Waals surface area contributed by atoms with Crippen LogP contribution in [-0.4, -0.2) is 41.5 Å². The summed E-state index contributed by atoms with van der Waals surface area (Å²) in [6, 6.07) is 1.68. The number of H-pyrrole nitrogens is 1. The van der Waals surface area contributed by atoms with E-state index in [1.165, 1.54) is 13.3 Å². The zero-order chi connectivity index (χ0) is 19.4.